The lowest BCUT2D eigenvalue weighted by molar-refractivity contribution is 0.322. The Bertz CT molecular complexity index is 1000. The molecule has 0 spiro atoms. The van der Waals surface area contributed by atoms with Crippen LogP contribution in [0.2, 0.25) is 0 Å². The highest BCUT2D eigenvalue weighted by Crippen LogP contribution is 2.39. The summed E-state index contributed by atoms with van der Waals surface area (Å²) in [5.41, 5.74) is 2.75. The van der Waals surface area contributed by atoms with Gasteiger partial charge in [0.15, 0.2) is 17.5 Å². The number of ether oxygens (including phenoxy) is 3. The van der Waals surface area contributed by atoms with Gasteiger partial charge in [0.2, 0.25) is 11.6 Å². The number of oxazole rings is 1. The van der Waals surface area contributed by atoms with E-state index in [1.807, 2.05) is 42.5 Å². The predicted molar refractivity (Wildman–Crippen MR) is 120 cm³/mol. The van der Waals surface area contributed by atoms with Crippen molar-refractivity contribution in [2.45, 2.75) is 13.0 Å². The first-order chi connectivity index (χ1) is 15.2. The number of hydrogen-bond acceptors (Lipinski definition) is 6. The van der Waals surface area contributed by atoms with Crippen LogP contribution in [0.15, 0.2) is 58.1 Å². The number of guanidine groups is 1. The van der Waals surface area contributed by atoms with E-state index in [0.29, 0.717) is 48.6 Å². The maximum absolute atomic E-state index is 5.57. The van der Waals surface area contributed by atoms with Crippen LogP contribution in [-0.4, -0.2) is 45.9 Å². The minimum Gasteiger partial charge on any atom is -0.493 e. The van der Waals surface area contributed by atoms with Crippen LogP contribution in [0.25, 0.3) is 11.5 Å². The van der Waals surface area contributed by atoms with Gasteiger partial charge in [0.1, 0.15) is 6.26 Å². The van der Waals surface area contributed by atoms with Crippen molar-refractivity contribution in [2.24, 2.45) is 4.99 Å². The summed E-state index contributed by atoms with van der Waals surface area (Å²) in [6.07, 6.45) is 2.36. The molecule has 0 aliphatic heterocycles. The first kappa shape index (κ1) is 22.0. The lowest BCUT2D eigenvalue weighted by atomic mass is 10.1. The quantitative estimate of drug-likeness (QED) is 0.402. The summed E-state index contributed by atoms with van der Waals surface area (Å²) < 4.78 is 21.9. The first-order valence-electron chi connectivity index (χ1n) is 9.92. The molecule has 0 saturated carbocycles. The zero-order valence-corrected chi connectivity index (χ0v) is 18.3. The van der Waals surface area contributed by atoms with Crippen molar-refractivity contribution >= 4 is 5.96 Å². The van der Waals surface area contributed by atoms with Gasteiger partial charge < -0.3 is 29.3 Å². The molecule has 2 aromatic carbocycles. The van der Waals surface area contributed by atoms with Gasteiger partial charge in [-0.3, -0.25) is 4.99 Å². The van der Waals surface area contributed by atoms with Crippen LogP contribution in [0.5, 0.6) is 17.2 Å². The largest absolute Gasteiger partial charge is 0.493 e. The lowest BCUT2D eigenvalue weighted by Gasteiger charge is -2.16. The summed E-state index contributed by atoms with van der Waals surface area (Å²) in [6.45, 7) is 1.15. The van der Waals surface area contributed by atoms with Crippen LogP contribution in [0.3, 0.4) is 0 Å². The van der Waals surface area contributed by atoms with Crippen LogP contribution in [0, 0.1) is 0 Å². The van der Waals surface area contributed by atoms with Crippen molar-refractivity contribution < 1.29 is 18.6 Å². The van der Waals surface area contributed by atoms with E-state index in [4.69, 9.17) is 18.6 Å². The lowest BCUT2D eigenvalue weighted by Crippen LogP contribution is -2.38. The van der Waals surface area contributed by atoms with Crippen LogP contribution >= 0.6 is 0 Å². The average Bonchev–Trinajstić information content (AvgIpc) is 3.30. The van der Waals surface area contributed by atoms with Crippen molar-refractivity contribution in [1.82, 2.24) is 15.6 Å². The molecular weight excluding hydrogens is 396 g/mol. The minimum absolute atomic E-state index is 0.496. The number of rotatable bonds is 9. The molecule has 31 heavy (non-hydrogen) atoms. The van der Waals surface area contributed by atoms with Crippen molar-refractivity contribution in [1.29, 1.82) is 0 Å². The maximum Gasteiger partial charge on any atom is 0.226 e. The molecule has 0 bridgehead atoms. The Labute approximate surface area is 182 Å². The molecule has 1 heterocycles. The summed E-state index contributed by atoms with van der Waals surface area (Å²) >= 11 is 0. The molecule has 1 aromatic heterocycles. The predicted octanol–water partition coefficient (Wildman–Crippen LogP) is 3.28. The molecule has 164 valence electrons. The Morgan fingerprint density at radius 1 is 0.968 bits per heavy atom. The molecular formula is C23H28N4O4. The Balaban J connectivity index is 1.54. The van der Waals surface area contributed by atoms with Gasteiger partial charge in [-0.15, -0.1) is 0 Å². The second-order valence-electron chi connectivity index (χ2n) is 6.61. The Hall–Kier alpha value is -3.68. The highest BCUT2D eigenvalue weighted by molar-refractivity contribution is 5.79. The zero-order valence-electron chi connectivity index (χ0n) is 18.3. The molecule has 0 atom stereocenters. The van der Waals surface area contributed by atoms with Crippen LogP contribution in [0.1, 0.15) is 11.3 Å². The Morgan fingerprint density at radius 3 is 2.42 bits per heavy atom. The molecule has 0 aliphatic rings. The van der Waals surface area contributed by atoms with E-state index in [-0.39, 0.29) is 0 Å². The number of nitrogens with one attached hydrogen (secondary N) is 2. The van der Waals surface area contributed by atoms with Gasteiger partial charge in [-0.2, -0.15) is 0 Å². The van der Waals surface area contributed by atoms with E-state index in [1.165, 1.54) is 0 Å². The molecule has 0 fully saturated rings. The Kier molecular flexibility index (Phi) is 7.75. The van der Waals surface area contributed by atoms with E-state index in [1.54, 1.807) is 34.6 Å². The van der Waals surface area contributed by atoms with E-state index in [9.17, 15) is 0 Å². The van der Waals surface area contributed by atoms with Crippen LogP contribution in [0.4, 0.5) is 0 Å². The van der Waals surface area contributed by atoms with E-state index >= 15 is 0 Å². The zero-order chi connectivity index (χ0) is 22.1. The fourth-order valence-corrected chi connectivity index (χ4v) is 3.17. The molecule has 0 radical (unpaired) electrons. The summed E-state index contributed by atoms with van der Waals surface area (Å²) in [7, 11) is 6.55. The number of aromatic nitrogens is 1. The third-order valence-electron chi connectivity index (χ3n) is 4.71. The SMILES string of the molecule is CN=C(NCCc1ccc(OC)c(OC)c1OC)NCc1coc(-c2ccccc2)n1. The monoisotopic (exact) mass is 424 g/mol. The molecule has 0 aliphatic carbocycles. The number of benzene rings is 2. The van der Waals surface area contributed by atoms with Gasteiger partial charge in [0.25, 0.3) is 0 Å². The van der Waals surface area contributed by atoms with Gasteiger partial charge in [-0.25, -0.2) is 4.98 Å². The summed E-state index contributed by atoms with van der Waals surface area (Å²) in [5, 5.41) is 6.54. The number of aliphatic imine (C=N–C) groups is 1. The normalized spacial score (nSPS) is 11.2. The van der Waals surface area contributed by atoms with Gasteiger partial charge in [-0.05, 0) is 24.6 Å². The van der Waals surface area contributed by atoms with Crippen molar-refractivity contribution in [3.05, 3.63) is 60.0 Å². The van der Waals surface area contributed by atoms with E-state index in [0.717, 1.165) is 16.8 Å². The molecule has 0 unspecified atom stereocenters. The maximum atomic E-state index is 5.57. The first-order valence-corrected chi connectivity index (χ1v) is 9.92. The Morgan fingerprint density at radius 2 is 1.74 bits per heavy atom. The summed E-state index contributed by atoms with van der Waals surface area (Å²) in [6, 6.07) is 13.6. The number of nitrogens with zero attached hydrogens (tertiary/aromatic N) is 2. The topological polar surface area (TPSA) is 90.1 Å². The molecule has 3 aromatic rings. The molecule has 8 nitrogen and oxygen atoms in total. The molecule has 2 N–H and O–H groups in total. The van der Waals surface area contributed by atoms with E-state index < -0.39 is 0 Å². The van der Waals surface area contributed by atoms with Gasteiger partial charge in [0.05, 0.1) is 33.6 Å². The van der Waals surface area contributed by atoms with Crippen LogP contribution in [-0.2, 0) is 13.0 Å². The van der Waals surface area contributed by atoms with Gasteiger partial charge in [0, 0.05) is 24.7 Å². The molecule has 0 saturated heterocycles. The summed E-state index contributed by atoms with van der Waals surface area (Å²) in [4.78, 5) is 8.78. The van der Waals surface area contributed by atoms with Gasteiger partial charge >= 0.3 is 0 Å². The second-order valence-corrected chi connectivity index (χ2v) is 6.61. The third-order valence-corrected chi connectivity index (χ3v) is 4.71. The average molecular weight is 425 g/mol. The minimum atomic E-state index is 0.496. The number of hydrogen-bond donors (Lipinski definition) is 2. The number of methoxy groups -OCH3 is 3. The van der Waals surface area contributed by atoms with Crippen molar-refractivity contribution in [3.63, 3.8) is 0 Å². The fraction of sp³-hybridized carbons (Fsp3) is 0.304. The highest BCUT2D eigenvalue weighted by Gasteiger charge is 2.15. The summed E-state index contributed by atoms with van der Waals surface area (Å²) in [5.74, 6) is 3.16. The molecule has 8 heteroatoms. The fourth-order valence-electron chi connectivity index (χ4n) is 3.17. The van der Waals surface area contributed by atoms with E-state index in [2.05, 4.69) is 20.6 Å². The third kappa shape index (κ3) is 5.48. The van der Waals surface area contributed by atoms with Crippen molar-refractivity contribution in [2.75, 3.05) is 34.9 Å². The smallest absolute Gasteiger partial charge is 0.226 e. The van der Waals surface area contributed by atoms with Crippen molar-refractivity contribution in [3.8, 4) is 28.7 Å². The molecule has 3 rings (SSSR count). The van der Waals surface area contributed by atoms with Gasteiger partial charge in [-0.1, -0.05) is 24.3 Å². The molecule has 0 amide bonds. The highest BCUT2D eigenvalue weighted by atomic mass is 16.5. The standard InChI is InChI=1S/C23H28N4O4/c1-24-23(26-14-18-15-31-22(27-18)17-8-6-5-7-9-17)25-13-12-16-10-11-19(28-2)21(30-4)20(16)29-3/h5-11,15H,12-14H2,1-4H3,(H2,24,25,26). The van der Waals surface area contributed by atoms with Crippen LogP contribution < -0.4 is 24.8 Å². The second kappa shape index (κ2) is 10.9.